The molecule has 0 aromatic carbocycles. The summed E-state index contributed by atoms with van der Waals surface area (Å²) in [7, 11) is 0. The minimum Gasteiger partial charge on any atom is -0.0654 e. The van der Waals surface area contributed by atoms with E-state index < -0.39 is 0 Å². The van der Waals surface area contributed by atoms with Crippen molar-refractivity contribution in [1.29, 1.82) is 0 Å². The molecule has 0 spiro atoms. The second-order valence-electron chi connectivity index (χ2n) is 2.37. The van der Waals surface area contributed by atoms with E-state index in [1.54, 1.807) is 0 Å². The van der Waals surface area contributed by atoms with Gasteiger partial charge in [0.05, 0.1) is 0 Å². The first-order valence-electron chi connectivity index (χ1n) is 3.76. The van der Waals surface area contributed by atoms with Crippen LogP contribution in [0.5, 0.6) is 0 Å². The van der Waals surface area contributed by atoms with E-state index >= 15 is 0 Å². The SMILES string of the molecule is CCCCCC/C(Br)=C/Br. The van der Waals surface area contributed by atoms with Crippen LogP contribution in [0.3, 0.4) is 0 Å². The van der Waals surface area contributed by atoms with Gasteiger partial charge >= 0.3 is 0 Å². The molecule has 0 bridgehead atoms. The largest absolute Gasteiger partial charge is 0.0654 e. The number of allylic oxidation sites excluding steroid dienone is 1. The first-order chi connectivity index (χ1) is 4.81. The van der Waals surface area contributed by atoms with Gasteiger partial charge in [-0.05, 0) is 17.8 Å². The van der Waals surface area contributed by atoms with E-state index in [9.17, 15) is 0 Å². The van der Waals surface area contributed by atoms with Gasteiger partial charge in [-0.15, -0.1) is 0 Å². The van der Waals surface area contributed by atoms with Gasteiger partial charge in [0.25, 0.3) is 0 Å². The van der Waals surface area contributed by atoms with E-state index in [4.69, 9.17) is 0 Å². The van der Waals surface area contributed by atoms with Crippen molar-refractivity contribution in [1.82, 2.24) is 0 Å². The highest BCUT2D eigenvalue weighted by Crippen LogP contribution is 2.16. The van der Waals surface area contributed by atoms with Crippen LogP contribution in [0.25, 0.3) is 0 Å². The van der Waals surface area contributed by atoms with Crippen molar-refractivity contribution in [3.8, 4) is 0 Å². The van der Waals surface area contributed by atoms with E-state index in [2.05, 4.69) is 38.8 Å². The molecular formula is C8H14Br2. The quantitative estimate of drug-likeness (QED) is 0.641. The van der Waals surface area contributed by atoms with Gasteiger partial charge in [-0.3, -0.25) is 0 Å². The summed E-state index contributed by atoms with van der Waals surface area (Å²) < 4.78 is 1.27. The van der Waals surface area contributed by atoms with Crippen LogP contribution in [0.1, 0.15) is 39.0 Å². The maximum absolute atomic E-state index is 3.44. The molecule has 0 atom stereocenters. The molecule has 0 heterocycles. The molecule has 0 radical (unpaired) electrons. The molecule has 2 heteroatoms. The summed E-state index contributed by atoms with van der Waals surface area (Å²) in [5.41, 5.74) is 0. The van der Waals surface area contributed by atoms with Gasteiger partial charge in [0.2, 0.25) is 0 Å². The highest BCUT2D eigenvalue weighted by Gasteiger charge is 1.90. The monoisotopic (exact) mass is 268 g/mol. The van der Waals surface area contributed by atoms with Crippen molar-refractivity contribution in [3.05, 3.63) is 9.47 Å². The van der Waals surface area contributed by atoms with Crippen LogP contribution in [0, 0.1) is 0 Å². The van der Waals surface area contributed by atoms with Crippen molar-refractivity contribution >= 4 is 31.9 Å². The summed E-state index contributed by atoms with van der Waals surface area (Å²) in [5, 5.41) is 0. The molecule has 10 heavy (non-hydrogen) atoms. The van der Waals surface area contributed by atoms with E-state index in [1.807, 2.05) is 4.99 Å². The molecule has 0 saturated carbocycles. The molecule has 0 unspecified atom stereocenters. The zero-order valence-corrected chi connectivity index (χ0v) is 9.54. The molecule has 0 amide bonds. The molecule has 0 N–H and O–H groups in total. The first kappa shape index (κ1) is 10.7. The predicted molar refractivity (Wildman–Crippen MR) is 54.7 cm³/mol. The van der Waals surface area contributed by atoms with Gasteiger partial charge in [-0.2, -0.15) is 0 Å². The molecule has 0 rings (SSSR count). The number of unbranched alkanes of at least 4 members (excludes halogenated alkanes) is 3. The minimum absolute atomic E-state index is 1.17. The second kappa shape index (κ2) is 7.80. The van der Waals surface area contributed by atoms with Crippen molar-refractivity contribution < 1.29 is 0 Å². The van der Waals surface area contributed by atoms with E-state index in [0.29, 0.717) is 0 Å². The van der Waals surface area contributed by atoms with Crippen molar-refractivity contribution in [2.75, 3.05) is 0 Å². The Hall–Kier alpha value is 0.700. The average molecular weight is 270 g/mol. The standard InChI is InChI=1S/C8H14Br2/c1-2-3-4-5-6-8(10)7-9/h7H,2-6H2,1H3/b8-7-. The normalized spacial score (nSPS) is 12.1. The summed E-state index contributed by atoms with van der Waals surface area (Å²) in [4.78, 5) is 1.94. The molecule has 0 aliphatic carbocycles. The van der Waals surface area contributed by atoms with Crippen LogP contribution in [0.15, 0.2) is 9.47 Å². The number of hydrogen-bond donors (Lipinski definition) is 0. The molecule has 0 fully saturated rings. The lowest BCUT2D eigenvalue weighted by atomic mass is 10.2. The molecule has 0 aromatic heterocycles. The van der Waals surface area contributed by atoms with Crippen LogP contribution in [-0.4, -0.2) is 0 Å². The lowest BCUT2D eigenvalue weighted by Crippen LogP contribution is -1.75. The van der Waals surface area contributed by atoms with Gasteiger partial charge in [0.15, 0.2) is 0 Å². The van der Waals surface area contributed by atoms with Crippen LogP contribution < -0.4 is 0 Å². The van der Waals surface area contributed by atoms with E-state index in [-0.39, 0.29) is 0 Å². The lowest BCUT2D eigenvalue weighted by molar-refractivity contribution is 0.673. The summed E-state index contributed by atoms with van der Waals surface area (Å²) in [5.74, 6) is 0. The maximum atomic E-state index is 3.44. The van der Waals surface area contributed by atoms with E-state index in [1.165, 1.54) is 36.6 Å². The molecule has 0 aliphatic rings. The Morgan fingerprint density at radius 1 is 1.30 bits per heavy atom. The fourth-order valence-electron chi connectivity index (χ4n) is 0.775. The smallest absolute Gasteiger partial charge is 0.00197 e. The van der Waals surface area contributed by atoms with Gasteiger partial charge in [0.1, 0.15) is 0 Å². The highest BCUT2D eigenvalue weighted by atomic mass is 79.9. The Morgan fingerprint density at radius 2 is 2.00 bits per heavy atom. The topological polar surface area (TPSA) is 0 Å². The molecule has 0 aliphatic heterocycles. The molecule has 0 saturated heterocycles. The fraction of sp³-hybridized carbons (Fsp3) is 0.750. The van der Waals surface area contributed by atoms with Crippen molar-refractivity contribution in [3.63, 3.8) is 0 Å². The third-order valence-corrected chi connectivity index (χ3v) is 3.18. The van der Waals surface area contributed by atoms with Gasteiger partial charge in [-0.1, -0.05) is 58.0 Å². The Labute approximate surface area is 80.3 Å². The molecule has 0 nitrogen and oxygen atoms in total. The van der Waals surface area contributed by atoms with Crippen LogP contribution in [-0.2, 0) is 0 Å². The zero-order valence-electron chi connectivity index (χ0n) is 6.37. The Kier molecular flexibility index (Phi) is 8.35. The third-order valence-electron chi connectivity index (χ3n) is 1.39. The highest BCUT2D eigenvalue weighted by molar-refractivity contribution is 9.14. The fourth-order valence-corrected chi connectivity index (χ4v) is 1.28. The lowest BCUT2D eigenvalue weighted by Gasteiger charge is -1.96. The summed E-state index contributed by atoms with van der Waals surface area (Å²) in [6.07, 6.45) is 6.51. The number of halogens is 2. The van der Waals surface area contributed by atoms with Crippen molar-refractivity contribution in [2.24, 2.45) is 0 Å². The van der Waals surface area contributed by atoms with Crippen LogP contribution in [0.2, 0.25) is 0 Å². The predicted octanol–water partition coefficient (Wildman–Crippen LogP) is 4.59. The van der Waals surface area contributed by atoms with Gasteiger partial charge in [-0.25, -0.2) is 0 Å². The minimum atomic E-state index is 1.17. The van der Waals surface area contributed by atoms with Gasteiger partial charge in [0, 0.05) is 4.48 Å². The Bertz CT molecular complexity index is 97.4. The average Bonchev–Trinajstić information content (AvgIpc) is 1.98. The molecule has 60 valence electrons. The molecule has 0 aromatic rings. The maximum Gasteiger partial charge on any atom is 0.00197 e. The zero-order chi connectivity index (χ0) is 7.82. The second-order valence-corrected chi connectivity index (χ2v) is 3.84. The molecular weight excluding hydrogens is 256 g/mol. The van der Waals surface area contributed by atoms with E-state index in [0.717, 1.165) is 0 Å². The summed E-state index contributed by atoms with van der Waals surface area (Å²) >= 11 is 6.72. The summed E-state index contributed by atoms with van der Waals surface area (Å²) in [6, 6.07) is 0. The van der Waals surface area contributed by atoms with Crippen LogP contribution in [0.4, 0.5) is 0 Å². The Morgan fingerprint density at radius 3 is 2.50 bits per heavy atom. The van der Waals surface area contributed by atoms with Crippen molar-refractivity contribution in [2.45, 2.75) is 39.0 Å². The third kappa shape index (κ3) is 6.81. The number of rotatable bonds is 5. The van der Waals surface area contributed by atoms with Gasteiger partial charge < -0.3 is 0 Å². The van der Waals surface area contributed by atoms with Crippen LogP contribution >= 0.6 is 31.9 Å². The number of hydrogen-bond acceptors (Lipinski definition) is 0. The summed E-state index contributed by atoms with van der Waals surface area (Å²) in [6.45, 7) is 2.23. The Balaban J connectivity index is 3.04. The first-order valence-corrected chi connectivity index (χ1v) is 5.47.